The van der Waals surface area contributed by atoms with Crippen LogP contribution < -0.4 is 10.5 Å². The van der Waals surface area contributed by atoms with Crippen molar-refractivity contribution in [3.05, 3.63) is 16.1 Å². The molecule has 1 heterocycles. The molecule has 0 spiro atoms. The van der Waals surface area contributed by atoms with Crippen LogP contribution in [0.2, 0.25) is 10.0 Å². The highest BCUT2D eigenvalue weighted by Crippen LogP contribution is 2.28. The van der Waals surface area contributed by atoms with Crippen molar-refractivity contribution in [2.24, 2.45) is 0 Å². The van der Waals surface area contributed by atoms with Crippen LogP contribution in [0.5, 0.6) is 5.88 Å². The Bertz CT molecular complexity index is 334. The Morgan fingerprint density at radius 3 is 2.73 bits per heavy atom. The van der Waals surface area contributed by atoms with Gasteiger partial charge in [-0.05, 0) is 6.07 Å². The van der Waals surface area contributed by atoms with Crippen molar-refractivity contribution in [2.45, 2.75) is 6.42 Å². The highest BCUT2D eigenvalue weighted by molar-refractivity contribution is 6.36. The molecule has 0 saturated carbocycles. The fraction of sp³-hybridized carbons (Fsp3) is 0.444. The topological polar surface area (TPSA) is 57.4 Å². The smallest absolute Gasteiger partial charge is 0.234 e. The van der Waals surface area contributed by atoms with Gasteiger partial charge in [-0.3, -0.25) is 0 Å². The molecule has 0 fully saturated rings. The van der Waals surface area contributed by atoms with Gasteiger partial charge in [-0.15, -0.1) is 0 Å². The maximum atomic E-state index is 5.86. The number of rotatable bonds is 5. The van der Waals surface area contributed by atoms with Crippen LogP contribution in [0, 0.1) is 0 Å². The van der Waals surface area contributed by atoms with E-state index >= 15 is 0 Å². The number of anilines is 1. The van der Waals surface area contributed by atoms with Gasteiger partial charge in [0.1, 0.15) is 10.8 Å². The molecular weight excluding hydrogens is 239 g/mol. The van der Waals surface area contributed by atoms with Gasteiger partial charge in [-0.2, -0.15) is 4.98 Å². The zero-order valence-corrected chi connectivity index (χ0v) is 9.81. The van der Waals surface area contributed by atoms with E-state index in [0.717, 1.165) is 6.42 Å². The Morgan fingerprint density at radius 2 is 2.07 bits per heavy atom. The van der Waals surface area contributed by atoms with Crippen LogP contribution >= 0.6 is 23.2 Å². The quantitative estimate of drug-likeness (QED) is 0.816. The molecule has 0 aliphatic rings. The molecular formula is C9H12Cl2N2O2. The molecule has 0 radical (unpaired) electrons. The second-order valence-corrected chi connectivity index (χ2v) is 3.65. The van der Waals surface area contributed by atoms with Crippen LogP contribution in [-0.4, -0.2) is 25.3 Å². The average Bonchev–Trinajstić information content (AvgIpc) is 2.20. The maximum absolute atomic E-state index is 5.86. The van der Waals surface area contributed by atoms with Crippen molar-refractivity contribution < 1.29 is 9.47 Å². The van der Waals surface area contributed by atoms with Crippen molar-refractivity contribution in [2.75, 3.05) is 26.1 Å². The number of nitrogens with two attached hydrogens (primary N) is 1. The van der Waals surface area contributed by atoms with Crippen LogP contribution in [0.4, 0.5) is 5.82 Å². The fourth-order valence-corrected chi connectivity index (χ4v) is 1.35. The minimum absolute atomic E-state index is 0.211. The fourth-order valence-electron chi connectivity index (χ4n) is 0.936. The molecule has 0 saturated heterocycles. The number of nitrogen functional groups attached to an aromatic ring is 1. The summed E-state index contributed by atoms with van der Waals surface area (Å²) in [6, 6.07) is 1.51. The summed E-state index contributed by atoms with van der Waals surface area (Å²) in [6.45, 7) is 1.10. The lowest BCUT2D eigenvalue weighted by Crippen LogP contribution is -2.04. The standard InChI is InChI=1S/C9H12Cl2N2O2/c1-14-3-2-4-15-9-7(11)5-6(10)8(12)13-9/h5H,2-4H2,1H3,(H2,12,13). The van der Waals surface area contributed by atoms with Crippen LogP contribution in [0.25, 0.3) is 0 Å². The predicted molar refractivity (Wildman–Crippen MR) is 60.7 cm³/mol. The molecule has 1 rings (SSSR count). The van der Waals surface area contributed by atoms with E-state index in [9.17, 15) is 0 Å². The van der Waals surface area contributed by atoms with Crippen molar-refractivity contribution in [1.82, 2.24) is 4.98 Å². The van der Waals surface area contributed by atoms with Gasteiger partial charge in [0.25, 0.3) is 0 Å². The number of nitrogens with zero attached hydrogens (tertiary/aromatic N) is 1. The van der Waals surface area contributed by atoms with Crippen LogP contribution in [0.1, 0.15) is 6.42 Å². The molecule has 4 nitrogen and oxygen atoms in total. The molecule has 1 aromatic rings. The number of pyridine rings is 1. The van der Waals surface area contributed by atoms with E-state index in [1.807, 2.05) is 0 Å². The summed E-state index contributed by atoms with van der Waals surface area (Å²) in [6.07, 6.45) is 0.761. The largest absolute Gasteiger partial charge is 0.476 e. The van der Waals surface area contributed by atoms with E-state index in [4.69, 9.17) is 38.4 Å². The predicted octanol–water partition coefficient (Wildman–Crippen LogP) is 2.39. The SMILES string of the molecule is COCCCOc1nc(N)c(Cl)cc1Cl. The van der Waals surface area contributed by atoms with Gasteiger partial charge in [-0.1, -0.05) is 23.2 Å². The number of hydrogen-bond donors (Lipinski definition) is 1. The minimum atomic E-state index is 0.211. The Kier molecular flexibility index (Phi) is 4.94. The van der Waals surface area contributed by atoms with Gasteiger partial charge in [0.15, 0.2) is 0 Å². The molecule has 15 heavy (non-hydrogen) atoms. The molecule has 0 aromatic carbocycles. The molecule has 0 amide bonds. The molecule has 0 aliphatic carbocycles. The van der Waals surface area contributed by atoms with Crippen molar-refractivity contribution in [3.8, 4) is 5.88 Å². The molecule has 0 atom stereocenters. The van der Waals surface area contributed by atoms with E-state index in [0.29, 0.717) is 29.1 Å². The van der Waals surface area contributed by atoms with Gasteiger partial charge >= 0.3 is 0 Å². The maximum Gasteiger partial charge on any atom is 0.234 e. The second-order valence-electron chi connectivity index (χ2n) is 2.84. The third-order valence-electron chi connectivity index (χ3n) is 1.66. The molecule has 0 unspecified atom stereocenters. The number of halogens is 2. The van der Waals surface area contributed by atoms with Crippen LogP contribution in [0.15, 0.2) is 6.07 Å². The first-order chi connectivity index (χ1) is 7.15. The monoisotopic (exact) mass is 250 g/mol. The van der Waals surface area contributed by atoms with Crippen LogP contribution in [-0.2, 0) is 4.74 Å². The molecule has 84 valence electrons. The molecule has 0 bridgehead atoms. The third kappa shape index (κ3) is 3.74. The summed E-state index contributed by atoms with van der Waals surface area (Å²) in [5.41, 5.74) is 5.51. The second kappa shape index (κ2) is 6.00. The molecule has 6 heteroatoms. The normalized spacial score (nSPS) is 10.3. The summed E-state index contributed by atoms with van der Waals surface area (Å²) >= 11 is 11.6. The summed E-state index contributed by atoms with van der Waals surface area (Å²) in [5, 5.41) is 0.677. The first-order valence-corrected chi connectivity index (χ1v) is 5.14. The number of aromatic nitrogens is 1. The lowest BCUT2D eigenvalue weighted by molar-refractivity contribution is 0.170. The summed E-state index contributed by atoms with van der Waals surface area (Å²) in [4.78, 5) is 3.92. The minimum Gasteiger partial charge on any atom is -0.476 e. The van der Waals surface area contributed by atoms with E-state index in [1.54, 1.807) is 7.11 Å². The summed E-state index contributed by atoms with van der Waals surface area (Å²) in [7, 11) is 1.63. The average molecular weight is 251 g/mol. The van der Waals surface area contributed by atoms with E-state index < -0.39 is 0 Å². The van der Waals surface area contributed by atoms with E-state index in [-0.39, 0.29) is 5.82 Å². The van der Waals surface area contributed by atoms with Gasteiger partial charge in [0.05, 0.1) is 11.6 Å². The lowest BCUT2D eigenvalue weighted by Gasteiger charge is -2.07. The molecule has 0 aliphatic heterocycles. The first kappa shape index (κ1) is 12.4. The highest BCUT2D eigenvalue weighted by atomic mass is 35.5. The van der Waals surface area contributed by atoms with Gasteiger partial charge in [0.2, 0.25) is 5.88 Å². The number of hydrogen-bond acceptors (Lipinski definition) is 4. The van der Waals surface area contributed by atoms with Gasteiger partial charge in [-0.25, -0.2) is 0 Å². The zero-order valence-electron chi connectivity index (χ0n) is 8.30. The Balaban J connectivity index is 2.57. The van der Waals surface area contributed by atoms with Crippen LogP contribution in [0.3, 0.4) is 0 Å². The highest BCUT2D eigenvalue weighted by Gasteiger charge is 2.07. The lowest BCUT2D eigenvalue weighted by atomic mass is 10.4. The summed E-state index contributed by atoms with van der Waals surface area (Å²) in [5.74, 6) is 0.512. The molecule has 2 N–H and O–H groups in total. The van der Waals surface area contributed by atoms with E-state index in [1.165, 1.54) is 6.07 Å². The third-order valence-corrected chi connectivity index (χ3v) is 2.23. The number of methoxy groups -OCH3 is 1. The zero-order chi connectivity index (χ0) is 11.3. The van der Waals surface area contributed by atoms with Gasteiger partial charge in [0, 0.05) is 20.1 Å². The van der Waals surface area contributed by atoms with E-state index in [2.05, 4.69) is 4.98 Å². The van der Waals surface area contributed by atoms with Crippen molar-refractivity contribution in [3.63, 3.8) is 0 Å². The molecule has 1 aromatic heterocycles. The Hall–Kier alpha value is -0.710. The number of ether oxygens (including phenoxy) is 2. The van der Waals surface area contributed by atoms with Crippen molar-refractivity contribution >= 4 is 29.0 Å². The van der Waals surface area contributed by atoms with Gasteiger partial charge < -0.3 is 15.2 Å². The first-order valence-electron chi connectivity index (χ1n) is 4.38. The Labute approximate surface area is 98.3 Å². The van der Waals surface area contributed by atoms with Crippen molar-refractivity contribution in [1.29, 1.82) is 0 Å². The summed E-state index contributed by atoms with van der Waals surface area (Å²) < 4.78 is 10.2. The Morgan fingerprint density at radius 1 is 1.33 bits per heavy atom.